The Labute approximate surface area is 215 Å². The molecular weight excluding hydrogens is 472 g/mol. The van der Waals surface area contributed by atoms with Crippen LogP contribution in [0.3, 0.4) is 0 Å². The van der Waals surface area contributed by atoms with E-state index in [9.17, 15) is 4.79 Å². The van der Waals surface area contributed by atoms with Gasteiger partial charge in [-0.2, -0.15) is 4.98 Å². The van der Waals surface area contributed by atoms with Gasteiger partial charge in [-0.15, -0.1) is 0 Å². The smallest absolute Gasteiger partial charge is 0.322 e. The average Bonchev–Trinajstić information content (AvgIpc) is 3.39. The highest BCUT2D eigenvalue weighted by Gasteiger charge is 2.35. The molecule has 3 aromatic carbocycles. The number of halogens is 1. The van der Waals surface area contributed by atoms with Crippen LogP contribution in [0.5, 0.6) is 0 Å². The minimum Gasteiger partial charge on any atom is -0.334 e. The van der Waals surface area contributed by atoms with Crippen molar-refractivity contribution in [1.29, 1.82) is 0 Å². The number of aryl methyl sites for hydroxylation is 1. The summed E-state index contributed by atoms with van der Waals surface area (Å²) in [4.78, 5) is 19.7. The number of carbonyl (C=O) groups is 1. The topological polar surface area (TPSA) is 71.3 Å². The number of nitrogens with one attached hydrogen (secondary N) is 1. The summed E-state index contributed by atoms with van der Waals surface area (Å²) in [6.45, 7) is 4.59. The van der Waals surface area contributed by atoms with Gasteiger partial charge in [-0.1, -0.05) is 78.3 Å². The van der Waals surface area contributed by atoms with Gasteiger partial charge in [0.25, 0.3) is 5.89 Å². The zero-order chi connectivity index (χ0) is 25.1. The van der Waals surface area contributed by atoms with Crippen LogP contribution in [-0.2, 0) is 12.8 Å². The van der Waals surface area contributed by atoms with Crippen molar-refractivity contribution in [2.45, 2.75) is 32.7 Å². The molecule has 7 heteroatoms. The van der Waals surface area contributed by atoms with E-state index in [-0.39, 0.29) is 6.03 Å². The number of aromatic nitrogens is 2. The second kappa shape index (κ2) is 10.4. The maximum absolute atomic E-state index is 13.3. The molecule has 1 atom stereocenters. The Morgan fingerprint density at radius 3 is 2.39 bits per heavy atom. The van der Waals surface area contributed by atoms with Crippen molar-refractivity contribution in [3.05, 3.63) is 112 Å². The summed E-state index contributed by atoms with van der Waals surface area (Å²) in [5.74, 6) is 0.849. The van der Waals surface area contributed by atoms with Crippen LogP contribution in [0.25, 0.3) is 17.0 Å². The molecule has 0 radical (unpaired) electrons. The zero-order valence-electron chi connectivity index (χ0n) is 20.2. The first kappa shape index (κ1) is 23.8. The second-order valence-corrected chi connectivity index (χ2v) is 9.23. The van der Waals surface area contributed by atoms with Gasteiger partial charge in [-0.3, -0.25) is 4.90 Å². The highest BCUT2D eigenvalue weighted by atomic mass is 35.5. The van der Waals surface area contributed by atoms with Crippen molar-refractivity contribution in [3.63, 3.8) is 0 Å². The number of carbonyl (C=O) groups excluding carboxylic acids is 1. The molecule has 2 amide bonds. The number of hydrogen-bond acceptors (Lipinski definition) is 4. The third-order valence-corrected chi connectivity index (χ3v) is 6.80. The molecule has 1 unspecified atom stereocenters. The first-order valence-electron chi connectivity index (χ1n) is 12.0. The molecule has 0 saturated carbocycles. The Kier molecular flexibility index (Phi) is 6.87. The fourth-order valence-electron chi connectivity index (χ4n) is 4.46. The van der Waals surface area contributed by atoms with Crippen LogP contribution in [0.2, 0.25) is 5.02 Å². The molecule has 6 nitrogen and oxygen atoms in total. The van der Waals surface area contributed by atoms with Crippen molar-refractivity contribution in [1.82, 2.24) is 20.4 Å². The van der Waals surface area contributed by atoms with Crippen LogP contribution in [0.1, 0.15) is 42.5 Å². The lowest BCUT2D eigenvalue weighted by Gasteiger charge is -2.35. The molecule has 0 fully saturated rings. The Bertz CT molecular complexity index is 1380. The molecule has 2 heterocycles. The van der Waals surface area contributed by atoms with Crippen LogP contribution >= 0.6 is 11.6 Å². The van der Waals surface area contributed by atoms with Crippen LogP contribution in [0.4, 0.5) is 4.79 Å². The first-order chi connectivity index (χ1) is 17.5. The van der Waals surface area contributed by atoms with Gasteiger partial charge in [0.2, 0.25) is 5.82 Å². The molecule has 1 N–H and O–H groups in total. The molecule has 5 rings (SSSR count). The van der Waals surface area contributed by atoms with E-state index in [1.54, 1.807) is 17.0 Å². The molecular formula is C29H27ClN4O2. The van der Waals surface area contributed by atoms with Crippen LogP contribution in [-0.4, -0.2) is 27.6 Å². The Hall–Kier alpha value is -3.90. The third-order valence-electron chi connectivity index (χ3n) is 6.54. The number of nitrogens with zero attached hydrogens (tertiary/aromatic N) is 3. The predicted molar refractivity (Wildman–Crippen MR) is 141 cm³/mol. The van der Waals surface area contributed by atoms with E-state index in [1.165, 1.54) is 11.1 Å². The van der Waals surface area contributed by atoms with E-state index in [0.29, 0.717) is 23.3 Å². The van der Waals surface area contributed by atoms with E-state index in [4.69, 9.17) is 21.1 Å². The third kappa shape index (κ3) is 4.90. The zero-order valence-corrected chi connectivity index (χ0v) is 21.0. The normalized spacial score (nSPS) is 15.8. The molecule has 1 aliphatic heterocycles. The summed E-state index contributed by atoms with van der Waals surface area (Å²) in [5.41, 5.74) is 5.75. The maximum Gasteiger partial charge on any atom is 0.322 e. The quantitative estimate of drug-likeness (QED) is 0.308. The number of benzene rings is 3. The Morgan fingerprint density at radius 1 is 0.972 bits per heavy atom. The number of allylic oxidation sites excluding steroid dienone is 1. The van der Waals surface area contributed by atoms with E-state index in [0.717, 1.165) is 35.2 Å². The van der Waals surface area contributed by atoms with E-state index in [2.05, 4.69) is 41.7 Å². The van der Waals surface area contributed by atoms with Gasteiger partial charge in [0.15, 0.2) is 0 Å². The molecule has 0 aliphatic carbocycles. The molecule has 4 aromatic rings. The van der Waals surface area contributed by atoms with Gasteiger partial charge in [0, 0.05) is 22.8 Å². The molecule has 182 valence electrons. The molecule has 1 aromatic heterocycles. The number of hydrogen-bond donors (Lipinski definition) is 1. The second-order valence-electron chi connectivity index (χ2n) is 8.79. The highest BCUT2D eigenvalue weighted by molar-refractivity contribution is 6.30. The van der Waals surface area contributed by atoms with Crippen molar-refractivity contribution in [2.24, 2.45) is 0 Å². The van der Waals surface area contributed by atoms with Crippen molar-refractivity contribution >= 4 is 23.2 Å². The summed E-state index contributed by atoms with van der Waals surface area (Å²) >= 11 is 6.04. The maximum atomic E-state index is 13.3. The van der Waals surface area contributed by atoms with Gasteiger partial charge in [0.1, 0.15) is 0 Å². The van der Waals surface area contributed by atoms with Gasteiger partial charge >= 0.3 is 6.03 Å². The van der Waals surface area contributed by atoms with E-state index < -0.39 is 6.04 Å². The molecule has 1 aliphatic rings. The summed E-state index contributed by atoms with van der Waals surface area (Å²) in [5, 5.41) is 8.04. The number of rotatable bonds is 7. The summed E-state index contributed by atoms with van der Waals surface area (Å²) in [7, 11) is 0. The number of amides is 2. The lowest BCUT2D eigenvalue weighted by Crippen LogP contribution is -2.46. The van der Waals surface area contributed by atoms with Crippen molar-refractivity contribution < 1.29 is 9.32 Å². The van der Waals surface area contributed by atoms with Crippen molar-refractivity contribution in [2.75, 3.05) is 6.54 Å². The first-order valence-corrected chi connectivity index (χ1v) is 12.4. The Balaban J connectivity index is 1.54. The summed E-state index contributed by atoms with van der Waals surface area (Å²) < 4.78 is 5.77. The molecule has 0 bridgehead atoms. The van der Waals surface area contributed by atoms with Crippen LogP contribution in [0.15, 0.2) is 89.1 Å². The van der Waals surface area contributed by atoms with Crippen LogP contribution < -0.4 is 5.32 Å². The highest BCUT2D eigenvalue weighted by Crippen LogP contribution is 2.37. The van der Waals surface area contributed by atoms with Crippen molar-refractivity contribution in [3.8, 4) is 11.4 Å². The van der Waals surface area contributed by atoms with E-state index >= 15 is 0 Å². The van der Waals surface area contributed by atoms with E-state index in [1.807, 2.05) is 49.4 Å². The minimum atomic E-state index is -0.408. The van der Waals surface area contributed by atoms with Gasteiger partial charge in [-0.25, -0.2) is 4.79 Å². The standard InChI is InChI=1S/C29H27ClN4O2/c1-3-20-9-11-22(12-10-20)26-25(28-32-27(33-36-28)23-13-15-24(30)16-14-23)19(2)34(29(35)31-26)18-17-21-7-5-4-6-8-21/h4-16,26H,3,17-18H2,1-2H3,(H,31,35). The monoisotopic (exact) mass is 498 g/mol. The minimum absolute atomic E-state index is 0.144. The lowest BCUT2D eigenvalue weighted by atomic mass is 9.93. The van der Waals surface area contributed by atoms with Crippen LogP contribution in [0, 0.1) is 0 Å². The Morgan fingerprint density at radius 2 is 1.69 bits per heavy atom. The van der Waals surface area contributed by atoms with Gasteiger partial charge in [-0.05, 0) is 60.7 Å². The lowest BCUT2D eigenvalue weighted by molar-refractivity contribution is 0.205. The fraction of sp³-hybridized carbons (Fsp3) is 0.207. The summed E-state index contributed by atoms with van der Waals surface area (Å²) in [6.07, 6.45) is 1.68. The number of urea groups is 1. The predicted octanol–water partition coefficient (Wildman–Crippen LogP) is 6.69. The van der Waals surface area contributed by atoms with Gasteiger partial charge < -0.3 is 9.84 Å². The molecule has 0 spiro atoms. The summed E-state index contributed by atoms with van der Waals surface area (Å²) in [6, 6.07) is 25.1. The fourth-order valence-corrected chi connectivity index (χ4v) is 4.58. The molecule has 36 heavy (non-hydrogen) atoms. The largest absolute Gasteiger partial charge is 0.334 e. The van der Waals surface area contributed by atoms with Gasteiger partial charge in [0.05, 0.1) is 11.6 Å². The SMILES string of the molecule is CCc1ccc(C2NC(=O)N(CCc3ccccc3)C(C)=C2c2nc(-c3ccc(Cl)cc3)no2)cc1. The molecule has 0 saturated heterocycles. The average molecular weight is 499 g/mol.